The fourth-order valence-electron chi connectivity index (χ4n) is 2.44. The van der Waals surface area contributed by atoms with E-state index in [1.165, 1.54) is 44.9 Å². The van der Waals surface area contributed by atoms with E-state index in [-0.39, 0.29) is 0 Å². The summed E-state index contributed by atoms with van der Waals surface area (Å²) >= 11 is 0. The fourth-order valence-corrected chi connectivity index (χ4v) is 3.14. The molecule has 2 nitrogen and oxygen atoms in total. The zero-order chi connectivity index (χ0) is 20.8. The van der Waals surface area contributed by atoms with Crippen LogP contribution in [0.5, 0.6) is 0 Å². The second-order valence-corrected chi connectivity index (χ2v) is 9.25. The van der Waals surface area contributed by atoms with Gasteiger partial charge >= 0.3 is 0 Å². The van der Waals surface area contributed by atoms with Crippen LogP contribution in [-0.4, -0.2) is 44.9 Å². The Hall–Kier alpha value is -0.690. The maximum atomic E-state index is 5.66. The zero-order valence-electron chi connectivity index (χ0n) is 19.1. The molecule has 0 aliphatic rings. The summed E-state index contributed by atoms with van der Waals surface area (Å²) in [6.07, 6.45) is 31.5. The summed E-state index contributed by atoms with van der Waals surface area (Å²) < 4.78 is 6.64. The normalized spacial score (nSPS) is 13.6. The van der Waals surface area contributed by atoms with Gasteiger partial charge in [-0.3, -0.25) is 0 Å². The standard InChI is InChI=1S/C25H46NOP/c1-5-6-7-8-9-10-11-12-13-14-15-16-17-18-19-20-21-22-25-28-27-24-23-26(2,3)4/h9-10,12-13,15-16,18-19H,5-8,11,14,17,20-25H2,1-4H3. The fraction of sp³-hybridized carbons (Fsp3) is 0.680. The zero-order valence-corrected chi connectivity index (χ0v) is 20.0. The lowest BCUT2D eigenvalue weighted by atomic mass is 10.2. The number of rotatable bonds is 19. The Kier molecular flexibility index (Phi) is 20.5. The second kappa shape index (κ2) is 21.0. The molecule has 0 aliphatic carbocycles. The van der Waals surface area contributed by atoms with Crippen LogP contribution < -0.4 is 0 Å². The minimum Gasteiger partial charge on any atom is -0.553 e. The van der Waals surface area contributed by atoms with Gasteiger partial charge in [0.15, 0.2) is 0 Å². The van der Waals surface area contributed by atoms with Crippen molar-refractivity contribution in [1.82, 2.24) is 0 Å². The summed E-state index contributed by atoms with van der Waals surface area (Å²) in [5, 5.41) is 0. The first kappa shape index (κ1) is 27.3. The Morgan fingerprint density at radius 2 is 1.18 bits per heavy atom. The van der Waals surface area contributed by atoms with E-state index in [4.69, 9.17) is 4.52 Å². The van der Waals surface area contributed by atoms with Crippen molar-refractivity contribution in [3.05, 3.63) is 48.6 Å². The molecular formula is C25H46NOP. The van der Waals surface area contributed by atoms with Crippen LogP contribution in [0.4, 0.5) is 0 Å². The summed E-state index contributed by atoms with van der Waals surface area (Å²) in [5.41, 5.74) is 0. The van der Waals surface area contributed by atoms with Gasteiger partial charge in [0.1, 0.15) is 0 Å². The number of hydrogen-bond acceptors (Lipinski definition) is 1. The molecule has 0 amide bonds. The maximum absolute atomic E-state index is 5.66. The van der Waals surface area contributed by atoms with Crippen molar-refractivity contribution in [1.29, 1.82) is 0 Å². The van der Waals surface area contributed by atoms with Crippen molar-refractivity contribution < 1.29 is 9.01 Å². The Morgan fingerprint density at radius 1 is 0.679 bits per heavy atom. The summed E-state index contributed by atoms with van der Waals surface area (Å²) in [4.78, 5) is 0. The molecule has 0 saturated carbocycles. The van der Waals surface area contributed by atoms with Crippen molar-refractivity contribution in [2.45, 2.75) is 71.1 Å². The van der Waals surface area contributed by atoms with Crippen LogP contribution in [0.1, 0.15) is 71.1 Å². The highest BCUT2D eigenvalue weighted by atomic mass is 31.1. The van der Waals surface area contributed by atoms with Crippen LogP contribution in [0.15, 0.2) is 48.6 Å². The number of quaternary nitrogens is 1. The molecule has 3 heteroatoms. The number of hydrogen-bond donors (Lipinski definition) is 0. The topological polar surface area (TPSA) is 9.23 Å². The minimum absolute atomic E-state index is 0.863. The van der Waals surface area contributed by atoms with E-state index in [0.29, 0.717) is 0 Å². The SMILES string of the molecule is CCCCCC=CCC=CCC=CCC=CCCCC[P-]OCC[N+](C)(C)C. The van der Waals surface area contributed by atoms with E-state index in [9.17, 15) is 0 Å². The molecule has 0 aliphatic heterocycles. The van der Waals surface area contributed by atoms with Gasteiger partial charge in [0.2, 0.25) is 0 Å². The lowest BCUT2D eigenvalue weighted by Gasteiger charge is -2.27. The molecule has 0 spiro atoms. The van der Waals surface area contributed by atoms with Crippen molar-refractivity contribution in [3.63, 3.8) is 0 Å². The first-order valence-corrected chi connectivity index (χ1v) is 12.2. The highest BCUT2D eigenvalue weighted by Crippen LogP contribution is 2.15. The highest BCUT2D eigenvalue weighted by molar-refractivity contribution is 7.32. The summed E-state index contributed by atoms with van der Waals surface area (Å²) in [6.45, 7) is 4.19. The van der Waals surface area contributed by atoms with E-state index < -0.39 is 0 Å². The molecule has 0 N–H and O–H groups in total. The van der Waals surface area contributed by atoms with Gasteiger partial charge in [-0.2, -0.15) is 6.16 Å². The highest BCUT2D eigenvalue weighted by Gasteiger charge is 2.02. The number of nitrogens with zero attached hydrogens (tertiary/aromatic N) is 1. The Bertz CT molecular complexity index is 432. The van der Waals surface area contributed by atoms with Crippen LogP contribution in [0.2, 0.25) is 0 Å². The van der Waals surface area contributed by atoms with Crippen LogP contribution in [0.25, 0.3) is 0 Å². The van der Waals surface area contributed by atoms with E-state index in [1.54, 1.807) is 0 Å². The Balaban J connectivity index is 3.35. The van der Waals surface area contributed by atoms with E-state index >= 15 is 0 Å². The monoisotopic (exact) mass is 407 g/mol. The molecule has 28 heavy (non-hydrogen) atoms. The average Bonchev–Trinajstić information content (AvgIpc) is 2.65. The van der Waals surface area contributed by atoms with Gasteiger partial charge < -0.3 is 17.8 Å². The molecule has 162 valence electrons. The quantitative estimate of drug-likeness (QED) is 0.0921. The predicted molar refractivity (Wildman–Crippen MR) is 129 cm³/mol. The summed E-state index contributed by atoms with van der Waals surface area (Å²) in [6, 6.07) is 0. The molecule has 0 heterocycles. The molecule has 0 unspecified atom stereocenters. The predicted octanol–water partition coefficient (Wildman–Crippen LogP) is 7.72. The van der Waals surface area contributed by atoms with Gasteiger partial charge in [-0.15, -0.1) is 0 Å². The van der Waals surface area contributed by atoms with Gasteiger partial charge in [0.05, 0.1) is 34.3 Å². The molecular weight excluding hydrogens is 361 g/mol. The van der Waals surface area contributed by atoms with Gasteiger partial charge in [-0.1, -0.05) is 81.2 Å². The van der Waals surface area contributed by atoms with Gasteiger partial charge in [-0.25, -0.2) is 0 Å². The van der Waals surface area contributed by atoms with Crippen LogP contribution >= 0.6 is 8.81 Å². The lowest BCUT2D eigenvalue weighted by molar-refractivity contribution is -0.870. The summed E-state index contributed by atoms with van der Waals surface area (Å²) in [7, 11) is 7.75. The molecule has 0 rings (SSSR count). The molecule has 0 atom stereocenters. The van der Waals surface area contributed by atoms with Gasteiger partial charge in [0, 0.05) is 0 Å². The third-order valence-corrected chi connectivity index (χ3v) is 5.14. The first-order chi connectivity index (χ1) is 13.6. The average molecular weight is 408 g/mol. The molecule has 0 radical (unpaired) electrons. The van der Waals surface area contributed by atoms with Crippen molar-refractivity contribution in [3.8, 4) is 0 Å². The maximum Gasteiger partial charge on any atom is 0.0989 e. The smallest absolute Gasteiger partial charge is 0.0989 e. The minimum atomic E-state index is 0.863. The Morgan fingerprint density at radius 3 is 1.68 bits per heavy atom. The van der Waals surface area contributed by atoms with Crippen LogP contribution in [-0.2, 0) is 4.52 Å². The van der Waals surface area contributed by atoms with Crippen molar-refractivity contribution in [2.75, 3.05) is 40.5 Å². The first-order valence-electron chi connectivity index (χ1n) is 11.3. The van der Waals surface area contributed by atoms with E-state index in [0.717, 1.165) is 51.9 Å². The van der Waals surface area contributed by atoms with Crippen molar-refractivity contribution >= 4 is 8.81 Å². The second-order valence-electron chi connectivity index (χ2n) is 8.28. The number of allylic oxidation sites excluding steroid dienone is 8. The lowest BCUT2D eigenvalue weighted by Crippen LogP contribution is -2.37. The van der Waals surface area contributed by atoms with E-state index in [2.05, 4.69) is 76.7 Å². The third kappa shape index (κ3) is 25.3. The van der Waals surface area contributed by atoms with E-state index in [1.807, 2.05) is 0 Å². The largest absolute Gasteiger partial charge is 0.553 e. The molecule has 0 aromatic rings. The van der Waals surface area contributed by atoms with Gasteiger partial charge in [-0.05, 0) is 38.5 Å². The number of likely N-dealkylation sites (N-methyl/N-ethyl adjacent to an activating group) is 1. The van der Waals surface area contributed by atoms with Crippen LogP contribution in [0, 0.1) is 0 Å². The molecule has 0 aromatic heterocycles. The molecule has 0 bridgehead atoms. The number of unbranched alkanes of at least 4 members (excludes halogenated alkanes) is 5. The third-order valence-electron chi connectivity index (χ3n) is 4.27. The van der Waals surface area contributed by atoms with Crippen LogP contribution in [0.3, 0.4) is 0 Å². The Labute approximate surface area is 178 Å². The molecule has 0 saturated heterocycles. The van der Waals surface area contributed by atoms with Gasteiger partial charge in [0.25, 0.3) is 0 Å². The molecule has 0 fully saturated rings. The van der Waals surface area contributed by atoms with Crippen molar-refractivity contribution in [2.24, 2.45) is 0 Å². The summed E-state index contributed by atoms with van der Waals surface area (Å²) in [5.74, 6) is 0. The molecule has 0 aromatic carbocycles.